The normalized spacial score (nSPS) is 10.3. The van der Waals surface area contributed by atoms with Crippen LogP contribution in [0.4, 0.5) is 11.4 Å². The molecule has 0 radical (unpaired) electrons. The fourth-order valence-electron chi connectivity index (χ4n) is 2.39. The van der Waals surface area contributed by atoms with Gasteiger partial charge in [0, 0.05) is 31.1 Å². The number of ketones is 1. The van der Waals surface area contributed by atoms with E-state index >= 15 is 0 Å². The van der Waals surface area contributed by atoms with E-state index in [0.29, 0.717) is 22.0 Å². The van der Waals surface area contributed by atoms with E-state index < -0.39 is 0 Å². The Hall–Kier alpha value is -2.37. The predicted octanol–water partition coefficient (Wildman–Crippen LogP) is 4.58. The SMILES string of the molecule is CC(=O)c1cccc(N(CCC(=O)Nc2cccc(Cl)c2Cl)C(C)=O)c1. The second-order valence-electron chi connectivity index (χ2n) is 5.68. The number of carbonyl (C=O) groups is 3. The van der Waals surface area contributed by atoms with E-state index in [2.05, 4.69) is 5.32 Å². The fraction of sp³-hybridized carbons (Fsp3) is 0.211. The number of nitrogens with zero attached hydrogens (tertiary/aromatic N) is 1. The van der Waals surface area contributed by atoms with Crippen LogP contribution in [0.3, 0.4) is 0 Å². The number of benzene rings is 2. The fourth-order valence-corrected chi connectivity index (χ4v) is 2.74. The number of hydrogen-bond donors (Lipinski definition) is 1. The van der Waals surface area contributed by atoms with Crippen LogP contribution in [0.25, 0.3) is 0 Å². The summed E-state index contributed by atoms with van der Waals surface area (Å²) in [6.45, 7) is 3.03. The Morgan fingerprint density at radius 1 is 1.04 bits per heavy atom. The van der Waals surface area contributed by atoms with Gasteiger partial charge in [-0.3, -0.25) is 14.4 Å². The first kappa shape index (κ1) is 19.9. The molecule has 5 nitrogen and oxygen atoms in total. The van der Waals surface area contributed by atoms with Gasteiger partial charge in [0.1, 0.15) is 0 Å². The van der Waals surface area contributed by atoms with E-state index in [1.165, 1.54) is 18.7 Å². The van der Waals surface area contributed by atoms with Gasteiger partial charge in [-0.25, -0.2) is 0 Å². The summed E-state index contributed by atoms with van der Waals surface area (Å²) >= 11 is 12.0. The zero-order chi connectivity index (χ0) is 19.3. The maximum absolute atomic E-state index is 12.2. The van der Waals surface area contributed by atoms with Crippen molar-refractivity contribution in [2.24, 2.45) is 0 Å². The number of carbonyl (C=O) groups excluding carboxylic acids is 3. The van der Waals surface area contributed by atoms with Gasteiger partial charge in [0.05, 0.1) is 15.7 Å². The maximum Gasteiger partial charge on any atom is 0.226 e. The first-order chi connectivity index (χ1) is 12.3. The number of nitrogens with one attached hydrogen (secondary N) is 1. The molecule has 0 heterocycles. The number of rotatable bonds is 6. The Bertz CT molecular complexity index is 852. The Morgan fingerprint density at radius 2 is 1.73 bits per heavy atom. The Kier molecular flexibility index (Phi) is 6.77. The minimum atomic E-state index is -0.303. The Balaban J connectivity index is 2.08. The highest BCUT2D eigenvalue weighted by Gasteiger charge is 2.15. The summed E-state index contributed by atoms with van der Waals surface area (Å²) in [6, 6.07) is 11.7. The first-order valence-electron chi connectivity index (χ1n) is 7.92. The lowest BCUT2D eigenvalue weighted by Gasteiger charge is -2.21. The molecular formula is C19H18Cl2N2O3. The van der Waals surface area contributed by atoms with E-state index in [-0.39, 0.29) is 35.6 Å². The van der Waals surface area contributed by atoms with Gasteiger partial charge in [0.2, 0.25) is 11.8 Å². The van der Waals surface area contributed by atoms with Crippen molar-refractivity contribution in [3.8, 4) is 0 Å². The van der Waals surface area contributed by atoms with Gasteiger partial charge in [0.25, 0.3) is 0 Å². The topological polar surface area (TPSA) is 66.5 Å². The molecule has 7 heteroatoms. The summed E-state index contributed by atoms with van der Waals surface area (Å²) in [6.07, 6.45) is 0.0622. The van der Waals surface area contributed by atoms with Crippen LogP contribution in [-0.4, -0.2) is 24.1 Å². The van der Waals surface area contributed by atoms with E-state index in [1.54, 1.807) is 42.5 Å². The van der Waals surface area contributed by atoms with Crippen LogP contribution in [-0.2, 0) is 9.59 Å². The molecule has 0 aliphatic rings. The van der Waals surface area contributed by atoms with Gasteiger partial charge in [-0.1, -0.05) is 41.4 Å². The van der Waals surface area contributed by atoms with Crippen molar-refractivity contribution in [3.63, 3.8) is 0 Å². The average molecular weight is 393 g/mol. The standard InChI is InChI=1S/C19H18Cl2N2O3/c1-12(24)14-5-3-6-15(11-14)23(13(2)25)10-9-18(26)22-17-8-4-7-16(20)19(17)21/h3-8,11H,9-10H2,1-2H3,(H,22,26). The molecule has 0 aliphatic heterocycles. The molecule has 2 aromatic carbocycles. The van der Waals surface area contributed by atoms with Crippen LogP contribution in [0.5, 0.6) is 0 Å². The minimum Gasteiger partial charge on any atom is -0.325 e. The van der Waals surface area contributed by atoms with E-state index in [0.717, 1.165) is 0 Å². The van der Waals surface area contributed by atoms with Crippen molar-refractivity contribution in [2.75, 3.05) is 16.8 Å². The molecule has 0 atom stereocenters. The van der Waals surface area contributed by atoms with Crippen molar-refractivity contribution in [1.82, 2.24) is 0 Å². The summed E-state index contributed by atoms with van der Waals surface area (Å²) in [5, 5.41) is 3.29. The molecule has 26 heavy (non-hydrogen) atoms. The summed E-state index contributed by atoms with van der Waals surface area (Å²) in [4.78, 5) is 37.1. The second kappa shape index (κ2) is 8.83. The number of anilines is 2. The largest absolute Gasteiger partial charge is 0.325 e. The van der Waals surface area contributed by atoms with Crippen LogP contribution in [0.2, 0.25) is 10.0 Å². The molecule has 0 saturated carbocycles. The second-order valence-corrected chi connectivity index (χ2v) is 6.46. The highest BCUT2D eigenvalue weighted by Crippen LogP contribution is 2.29. The summed E-state index contributed by atoms with van der Waals surface area (Å²) in [5.41, 5.74) is 1.49. The monoisotopic (exact) mass is 392 g/mol. The van der Waals surface area contributed by atoms with E-state index in [4.69, 9.17) is 23.2 Å². The Labute approximate surface area is 161 Å². The van der Waals surface area contributed by atoms with Crippen molar-refractivity contribution in [3.05, 3.63) is 58.1 Å². The molecule has 2 aromatic rings. The smallest absolute Gasteiger partial charge is 0.226 e. The van der Waals surface area contributed by atoms with Gasteiger partial charge < -0.3 is 10.2 Å². The molecule has 136 valence electrons. The zero-order valence-corrected chi connectivity index (χ0v) is 15.9. The number of halogens is 2. The highest BCUT2D eigenvalue weighted by molar-refractivity contribution is 6.44. The van der Waals surface area contributed by atoms with E-state index in [1.807, 2.05) is 0 Å². The van der Waals surface area contributed by atoms with Crippen molar-refractivity contribution in [1.29, 1.82) is 0 Å². The predicted molar refractivity (Wildman–Crippen MR) is 104 cm³/mol. The number of amides is 2. The summed E-state index contributed by atoms with van der Waals surface area (Å²) in [5.74, 6) is -0.619. The van der Waals surface area contributed by atoms with Crippen LogP contribution in [0.1, 0.15) is 30.6 Å². The molecule has 0 saturated heterocycles. The molecule has 0 spiro atoms. The minimum absolute atomic E-state index is 0.0622. The zero-order valence-electron chi connectivity index (χ0n) is 14.4. The van der Waals surface area contributed by atoms with Gasteiger partial charge in [-0.2, -0.15) is 0 Å². The average Bonchev–Trinajstić information content (AvgIpc) is 2.59. The lowest BCUT2D eigenvalue weighted by molar-refractivity contribution is -0.117. The molecule has 0 bridgehead atoms. The lowest BCUT2D eigenvalue weighted by atomic mass is 10.1. The van der Waals surface area contributed by atoms with Gasteiger partial charge in [-0.15, -0.1) is 0 Å². The molecule has 1 N–H and O–H groups in total. The third-order valence-electron chi connectivity index (χ3n) is 3.73. The van der Waals surface area contributed by atoms with Crippen LogP contribution in [0.15, 0.2) is 42.5 Å². The molecule has 2 amide bonds. The van der Waals surface area contributed by atoms with Gasteiger partial charge in [0.15, 0.2) is 5.78 Å². The molecule has 0 aliphatic carbocycles. The molecule has 0 aromatic heterocycles. The lowest BCUT2D eigenvalue weighted by Crippen LogP contribution is -2.32. The van der Waals surface area contributed by atoms with Gasteiger partial charge in [-0.05, 0) is 31.2 Å². The molecular weight excluding hydrogens is 375 g/mol. The molecule has 2 rings (SSSR count). The third kappa shape index (κ3) is 5.07. The molecule has 0 unspecified atom stereocenters. The molecule has 0 fully saturated rings. The van der Waals surface area contributed by atoms with Crippen LogP contribution in [0, 0.1) is 0 Å². The first-order valence-corrected chi connectivity index (χ1v) is 8.68. The van der Waals surface area contributed by atoms with Crippen molar-refractivity contribution < 1.29 is 14.4 Å². The summed E-state index contributed by atoms with van der Waals surface area (Å²) < 4.78 is 0. The van der Waals surface area contributed by atoms with Crippen LogP contribution < -0.4 is 10.2 Å². The van der Waals surface area contributed by atoms with Gasteiger partial charge >= 0.3 is 0 Å². The van der Waals surface area contributed by atoms with E-state index in [9.17, 15) is 14.4 Å². The van der Waals surface area contributed by atoms with Crippen molar-refractivity contribution in [2.45, 2.75) is 20.3 Å². The number of hydrogen-bond acceptors (Lipinski definition) is 3. The maximum atomic E-state index is 12.2. The summed E-state index contributed by atoms with van der Waals surface area (Å²) in [7, 11) is 0. The number of Topliss-reactive ketones (excluding diaryl/α,β-unsaturated/α-hetero) is 1. The van der Waals surface area contributed by atoms with Crippen LogP contribution >= 0.6 is 23.2 Å². The Morgan fingerprint density at radius 3 is 2.38 bits per heavy atom. The third-order valence-corrected chi connectivity index (χ3v) is 4.55. The highest BCUT2D eigenvalue weighted by atomic mass is 35.5. The van der Waals surface area contributed by atoms with Crippen molar-refractivity contribution >= 4 is 52.2 Å². The quantitative estimate of drug-likeness (QED) is 0.731.